The molecule has 2 amide bonds. The van der Waals surface area contributed by atoms with Gasteiger partial charge < -0.3 is 9.80 Å². The van der Waals surface area contributed by atoms with Gasteiger partial charge in [-0.15, -0.1) is 5.10 Å². The summed E-state index contributed by atoms with van der Waals surface area (Å²) in [5.41, 5.74) is 2.00. The van der Waals surface area contributed by atoms with Crippen LogP contribution < -0.4 is 0 Å². The van der Waals surface area contributed by atoms with Crippen molar-refractivity contribution in [1.29, 1.82) is 0 Å². The minimum atomic E-state index is -0.0798. The molecule has 0 N–H and O–H groups in total. The predicted molar refractivity (Wildman–Crippen MR) is 97.5 cm³/mol. The Kier molecular flexibility index (Phi) is 5.51. The number of amides is 2. The second kappa shape index (κ2) is 7.64. The lowest BCUT2D eigenvalue weighted by Crippen LogP contribution is -2.48. The Bertz CT molecular complexity index is 680. The van der Waals surface area contributed by atoms with Crippen molar-refractivity contribution in [2.24, 2.45) is 5.92 Å². The van der Waals surface area contributed by atoms with E-state index in [2.05, 4.69) is 22.6 Å². The van der Waals surface area contributed by atoms with E-state index in [1.165, 1.54) is 17.1 Å². The quantitative estimate of drug-likeness (QED) is 0.755. The summed E-state index contributed by atoms with van der Waals surface area (Å²) in [7, 11) is 0. The third-order valence-electron chi connectivity index (χ3n) is 5.01. The maximum Gasteiger partial charge on any atom is 0.267 e. The summed E-state index contributed by atoms with van der Waals surface area (Å²) in [6.45, 7) is 7.93. The SMILES string of the molecule is CCCc1nnsc1C(=O)N1CC2CCC(C1)N(CC=C(C)C)C2=O. The van der Waals surface area contributed by atoms with Gasteiger partial charge in [-0.1, -0.05) is 29.5 Å². The summed E-state index contributed by atoms with van der Waals surface area (Å²) in [6, 6.07) is 0.112. The van der Waals surface area contributed by atoms with Crippen molar-refractivity contribution in [3.05, 3.63) is 22.2 Å². The Morgan fingerprint density at radius 3 is 2.84 bits per heavy atom. The van der Waals surface area contributed by atoms with E-state index in [-0.39, 0.29) is 23.8 Å². The number of carbonyl (C=O) groups is 2. The average molecular weight is 362 g/mol. The summed E-state index contributed by atoms with van der Waals surface area (Å²) in [5, 5.41) is 4.11. The van der Waals surface area contributed by atoms with Crippen LogP contribution in [0.1, 0.15) is 55.4 Å². The van der Waals surface area contributed by atoms with Gasteiger partial charge in [-0.05, 0) is 44.6 Å². The van der Waals surface area contributed by atoms with Crippen LogP contribution in [0.5, 0.6) is 0 Å². The molecule has 1 aromatic rings. The number of allylic oxidation sites excluding steroid dienone is 1. The molecule has 0 aromatic carbocycles. The van der Waals surface area contributed by atoms with E-state index in [1.54, 1.807) is 0 Å². The highest BCUT2D eigenvalue weighted by molar-refractivity contribution is 7.08. The zero-order chi connectivity index (χ0) is 18.0. The van der Waals surface area contributed by atoms with Crippen LogP contribution in [0.2, 0.25) is 0 Å². The number of fused-ring (bicyclic) bond motifs is 4. The maximum atomic E-state index is 13.0. The van der Waals surface area contributed by atoms with Crippen molar-refractivity contribution in [3.8, 4) is 0 Å². The van der Waals surface area contributed by atoms with E-state index in [0.717, 1.165) is 31.4 Å². The molecule has 3 saturated heterocycles. The number of nitrogens with zero attached hydrogens (tertiary/aromatic N) is 4. The van der Waals surface area contributed by atoms with Gasteiger partial charge in [0.05, 0.1) is 11.6 Å². The molecule has 0 aliphatic carbocycles. The molecule has 4 rings (SSSR count). The molecule has 3 aliphatic rings. The van der Waals surface area contributed by atoms with E-state index in [9.17, 15) is 9.59 Å². The van der Waals surface area contributed by atoms with Gasteiger partial charge in [-0.2, -0.15) is 0 Å². The van der Waals surface area contributed by atoms with Crippen LogP contribution in [0, 0.1) is 5.92 Å². The number of carbonyl (C=O) groups excluding carboxylic acids is 2. The molecule has 3 aliphatic heterocycles. The lowest BCUT2D eigenvalue weighted by atomic mass is 9.94. The van der Waals surface area contributed by atoms with Gasteiger partial charge in [-0.3, -0.25) is 9.59 Å². The summed E-state index contributed by atoms with van der Waals surface area (Å²) in [5.74, 6) is 0.108. The number of hydrogen-bond donors (Lipinski definition) is 0. The van der Waals surface area contributed by atoms with Crippen molar-refractivity contribution in [1.82, 2.24) is 19.4 Å². The Labute approximate surface area is 153 Å². The number of piperidine rings is 1. The maximum absolute atomic E-state index is 13.0. The fourth-order valence-corrected chi connectivity index (χ4v) is 4.32. The summed E-state index contributed by atoms with van der Waals surface area (Å²) in [6.07, 6.45) is 5.65. The molecule has 0 radical (unpaired) electrons. The fourth-order valence-electron chi connectivity index (χ4n) is 3.64. The van der Waals surface area contributed by atoms with Crippen LogP contribution in [0.25, 0.3) is 0 Å². The molecule has 4 heterocycles. The highest BCUT2D eigenvalue weighted by atomic mass is 32.1. The molecule has 1 aromatic heterocycles. The monoisotopic (exact) mass is 362 g/mol. The second-order valence-electron chi connectivity index (χ2n) is 7.21. The van der Waals surface area contributed by atoms with Gasteiger partial charge in [-0.25, -0.2) is 0 Å². The van der Waals surface area contributed by atoms with Crippen molar-refractivity contribution in [2.75, 3.05) is 19.6 Å². The number of hydrogen-bond acceptors (Lipinski definition) is 5. The molecule has 2 unspecified atom stereocenters. The average Bonchev–Trinajstić information content (AvgIpc) is 2.86. The highest BCUT2D eigenvalue weighted by Gasteiger charge is 2.42. The molecule has 3 fully saturated rings. The Morgan fingerprint density at radius 1 is 1.32 bits per heavy atom. The van der Waals surface area contributed by atoms with Crippen LogP contribution >= 0.6 is 11.5 Å². The summed E-state index contributed by atoms with van der Waals surface area (Å²) >= 11 is 1.18. The van der Waals surface area contributed by atoms with Gasteiger partial charge in [0.25, 0.3) is 5.91 Å². The highest BCUT2D eigenvalue weighted by Crippen LogP contribution is 2.30. The Hall–Kier alpha value is -1.76. The third-order valence-corrected chi connectivity index (χ3v) is 5.77. The Morgan fingerprint density at radius 2 is 2.12 bits per heavy atom. The molecule has 0 spiro atoms. The number of aromatic nitrogens is 2. The molecular formula is C18H26N4O2S. The molecule has 7 heteroatoms. The first-order valence-corrected chi connectivity index (χ1v) is 9.83. The van der Waals surface area contributed by atoms with Gasteiger partial charge in [0.2, 0.25) is 5.91 Å². The summed E-state index contributed by atoms with van der Waals surface area (Å²) in [4.78, 5) is 30.3. The molecule has 2 atom stereocenters. The lowest BCUT2D eigenvalue weighted by molar-refractivity contribution is -0.139. The van der Waals surface area contributed by atoms with Crippen LogP contribution in [0.3, 0.4) is 0 Å². The van der Waals surface area contributed by atoms with Gasteiger partial charge in [0, 0.05) is 25.7 Å². The van der Waals surface area contributed by atoms with Crippen molar-refractivity contribution in [2.45, 2.75) is 52.5 Å². The number of rotatable bonds is 5. The molecule has 25 heavy (non-hydrogen) atoms. The van der Waals surface area contributed by atoms with Crippen LogP contribution in [-0.4, -0.2) is 56.9 Å². The molecular weight excluding hydrogens is 336 g/mol. The minimum Gasteiger partial charge on any atom is -0.335 e. The summed E-state index contributed by atoms with van der Waals surface area (Å²) < 4.78 is 3.97. The number of aryl methyl sites for hydroxylation is 1. The van der Waals surface area contributed by atoms with E-state index in [1.807, 2.05) is 23.6 Å². The van der Waals surface area contributed by atoms with Gasteiger partial charge in [0.15, 0.2) is 0 Å². The topological polar surface area (TPSA) is 66.4 Å². The molecule has 0 saturated carbocycles. The first kappa shape index (κ1) is 18.0. The van der Waals surface area contributed by atoms with Crippen LogP contribution in [0.4, 0.5) is 0 Å². The van der Waals surface area contributed by atoms with Crippen LogP contribution in [-0.2, 0) is 11.2 Å². The van der Waals surface area contributed by atoms with E-state index < -0.39 is 0 Å². The van der Waals surface area contributed by atoms with E-state index in [0.29, 0.717) is 24.5 Å². The van der Waals surface area contributed by atoms with Crippen molar-refractivity contribution >= 4 is 23.3 Å². The molecule has 6 nitrogen and oxygen atoms in total. The van der Waals surface area contributed by atoms with Crippen molar-refractivity contribution < 1.29 is 9.59 Å². The van der Waals surface area contributed by atoms with E-state index >= 15 is 0 Å². The van der Waals surface area contributed by atoms with Crippen LogP contribution in [0.15, 0.2) is 11.6 Å². The predicted octanol–water partition coefficient (Wildman–Crippen LogP) is 2.52. The Balaban J connectivity index is 1.79. The first-order valence-electron chi connectivity index (χ1n) is 9.05. The van der Waals surface area contributed by atoms with Gasteiger partial charge in [0.1, 0.15) is 4.88 Å². The third kappa shape index (κ3) is 3.76. The standard InChI is InChI=1S/C18H26N4O2S/c1-4-5-15-16(25-20-19-15)18(24)21-10-13-6-7-14(11-21)22(17(13)23)9-8-12(2)3/h8,13-14H,4-7,9-11H2,1-3H3. The smallest absolute Gasteiger partial charge is 0.267 e. The molecule has 136 valence electrons. The minimum absolute atomic E-state index is 0.00721. The zero-order valence-corrected chi connectivity index (χ0v) is 16.0. The first-order chi connectivity index (χ1) is 12.0. The van der Waals surface area contributed by atoms with E-state index in [4.69, 9.17) is 0 Å². The normalized spacial score (nSPS) is 22.9. The second-order valence-corrected chi connectivity index (χ2v) is 7.96. The zero-order valence-electron chi connectivity index (χ0n) is 15.2. The fraction of sp³-hybridized carbons (Fsp3) is 0.667. The largest absolute Gasteiger partial charge is 0.335 e. The van der Waals surface area contributed by atoms with Gasteiger partial charge >= 0.3 is 0 Å². The molecule has 2 bridgehead atoms. The lowest BCUT2D eigenvalue weighted by Gasteiger charge is -2.35. The van der Waals surface area contributed by atoms with Crippen molar-refractivity contribution in [3.63, 3.8) is 0 Å².